The van der Waals surface area contributed by atoms with E-state index >= 15 is 0 Å². The van der Waals surface area contributed by atoms with Gasteiger partial charge in [-0.1, -0.05) is 46.3 Å². The van der Waals surface area contributed by atoms with Gasteiger partial charge in [0, 0.05) is 18.3 Å². The van der Waals surface area contributed by atoms with Crippen LogP contribution in [0, 0.1) is 23.7 Å². The summed E-state index contributed by atoms with van der Waals surface area (Å²) in [6, 6.07) is -1.20. The molecule has 8 heteroatoms. The lowest BCUT2D eigenvalue weighted by atomic mass is 9.66. The molecule has 0 saturated carbocycles. The van der Waals surface area contributed by atoms with Gasteiger partial charge in [0.05, 0.1) is 35.8 Å². The van der Waals surface area contributed by atoms with Gasteiger partial charge in [-0.15, -0.1) is 24.9 Å². The third-order valence-electron chi connectivity index (χ3n) is 8.53. The summed E-state index contributed by atoms with van der Waals surface area (Å²) in [5.74, 6) is -1.45. The minimum Gasteiger partial charge on any atom is -0.465 e. The fraction of sp³-hybridized carbons (Fsp3) is 0.767. The number of unbranched alkanes of at least 4 members (excludes halogenated alkanes) is 3. The molecule has 1 N–H and O–H groups in total. The molecule has 0 aromatic heterocycles. The zero-order valence-corrected chi connectivity index (χ0v) is 24.6. The molecule has 3 rings (SSSR count). The predicted molar refractivity (Wildman–Crippen MR) is 153 cm³/mol. The zero-order valence-electron chi connectivity index (χ0n) is 23.8. The lowest BCUT2D eigenvalue weighted by Crippen LogP contribution is -2.59. The molecule has 3 aliphatic rings. The molecular formula is C30H48N2O5S. The van der Waals surface area contributed by atoms with E-state index in [4.69, 9.17) is 4.74 Å². The van der Waals surface area contributed by atoms with E-state index < -0.39 is 28.7 Å². The quantitative estimate of drug-likeness (QED) is 0.174. The Bertz CT molecular complexity index is 879. The second-order valence-electron chi connectivity index (χ2n) is 11.6. The highest BCUT2D eigenvalue weighted by molar-refractivity contribution is 8.02. The van der Waals surface area contributed by atoms with Crippen LogP contribution in [0.25, 0.3) is 0 Å². The second kappa shape index (κ2) is 13.5. The van der Waals surface area contributed by atoms with Crippen LogP contribution in [-0.4, -0.2) is 81.1 Å². The SMILES string of the molecule is C=CCCCCOC(=O)[C@@H]1[C@@H]2CC(C)C3(S2)C(C(=O)N(CC=C)CCCC)N([C@@H](CO)CC(C)C)C(=O)[C@H]13. The first-order valence-corrected chi connectivity index (χ1v) is 15.3. The van der Waals surface area contributed by atoms with E-state index in [0.29, 0.717) is 26.1 Å². The molecular weight excluding hydrogens is 500 g/mol. The van der Waals surface area contributed by atoms with Gasteiger partial charge in [-0.25, -0.2) is 0 Å². The van der Waals surface area contributed by atoms with Crippen molar-refractivity contribution >= 4 is 29.5 Å². The van der Waals surface area contributed by atoms with E-state index in [1.165, 1.54) is 0 Å². The van der Waals surface area contributed by atoms with Crippen LogP contribution in [0.15, 0.2) is 25.3 Å². The van der Waals surface area contributed by atoms with Crippen molar-refractivity contribution in [3.05, 3.63) is 25.3 Å². The minimum absolute atomic E-state index is 0.0433. The Balaban J connectivity index is 2.00. The lowest BCUT2D eigenvalue weighted by Gasteiger charge is -2.42. The molecule has 2 bridgehead atoms. The summed E-state index contributed by atoms with van der Waals surface area (Å²) in [6.45, 7) is 17.0. The summed E-state index contributed by atoms with van der Waals surface area (Å²) in [7, 11) is 0. The number of rotatable bonds is 16. The van der Waals surface area contributed by atoms with Crippen molar-refractivity contribution in [3.63, 3.8) is 0 Å². The van der Waals surface area contributed by atoms with Crippen molar-refractivity contribution in [1.82, 2.24) is 9.80 Å². The van der Waals surface area contributed by atoms with Crippen LogP contribution in [0.4, 0.5) is 0 Å². The monoisotopic (exact) mass is 548 g/mol. The molecule has 0 aliphatic carbocycles. The summed E-state index contributed by atoms with van der Waals surface area (Å²) in [6.07, 6.45) is 9.28. The second-order valence-corrected chi connectivity index (χ2v) is 13.2. The molecule has 3 fully saturated rings. The first kappa shape index (κ1) is 30.7. The highest BCUT2D eigenvalue weighted by Crippen LogP contribution is 2.69. The molecule has 3 saturated heterocycles. The number of esters is 1. The molecule has 2 amide bonds. The Hall–Kier alpha value is -1.80. The number of hydrogen-bond donors (Lipinski definition) is 1. The maximum Gasteiger partial charge on any atom is 0.310 e. The molecule has 3 aliphatic heterocycles. The number of aliphatic hydroxyl groups is 1. The predicted octanol–water partition coefficient (Wildman–Crippen LogP) is 4.44. The molecule has 38 heavy (non-hydrogen) atoms. The highest BCUT2D eigenvalue weighted by Gasteiger charge is 2.77. The number of thioether (sulfide) groups is 1. The molecule has 7 atom stereocenters. The van der Waals surface area contributed by atoms with E-state index in [1.807, 2.05) is 11.0 Å². The number of amides is 2. The first-order valence-electron chi connectivity index (χ1n) is 14.5. The van der Waals surface area contributed by atoms with Crippen LogP contribution >= 0.6 is 11.8 Å². The third kappa shape index (κ3) is 5.72. The first-order chi connectivity index (χ1) is 18.2. The van der Waals surface area contributed by atoms with Crippen LogP contribution < -0.4 is 0 Å². The van der Waals surface area contributed by atoms with Gasteiger partial charge in [0.2, 0.25) is 11.8 Å². The van der Waals surface area contributed by atoms with E-state index in [0.717, 1.165) is 38.5 Å². The van der Waals surface area contributed by atoms with Crippen molar-refractivity contribution in [2.45, 2.75) is 94.7 Å². The number of nitrogens with zero attached hydrogens (tertiary/aromatic N) is 2. The van der Waals surface area contributed by atoms with Gasteiger partial charge in [0.15, 0.2) is 0 Å². The largest absolute Gasteiger partial charge is 0.465 e. The summed E-state index contributed by atoms with van der Waals surface area (Å²) >= 11 is 1.66. The normalized spacial score (nSPS) is 30.4. The molecule has 0 radical (unpaired) electrons. The summed E-state index contributed by atoms with van der Waals surface area (Å²) < 4.78 is 5.01. The topological polar surface area (TPSA) is 87.2 Å². The van der Waals surface area contributed by atoms with Crippen molar-refractivity contribution in [3.8, 4) is 0 Å². The van der Waals surface area contributed by atoms with Gasteiger partial charge in [-0.2, -0.15) is 0 Å². The van der Waals surface area contributed by atoms with Crippen molar-refractivity contribution < 1.29 is 24.2 Å². The molecule has 1 spiro atoms. The Morgan fingerprint density at radius 3 is 2.61 bits per heavy atom. The Kier molecular flexibility index (Phi) is 10.9. The van der Waals surface area contributed by atoms with E-state index in [-0.39, 0.29) is 41.5 Å². The molecule has 0 aromatic carbocycles. The molecule has 3 unspecified atom stereocenters. The van der Waals surface area contributed by atoms with Crippen LogP contribution in [0.3, 0.4) is 0 Å². The average molecular weight is 549 g/mol. The van der Waals surface area contributed by atoms with Crippen LogP contribution in [0.2, 0.25) is 0 Å². The van der Waals surface area contributed by atoms with E-state index in [1.54, 1.807) is 22.7 Å². The standard InChI is InChI=1S/C30H48N2O5S/c1-7-10-12-13-16-37-29(36)24-23-18-21(6)30(38-23)25(24)27(34)32(22(19-33)17-20(4)5)26(30)28(35)31(14-9-3)15-11-8-2/h7,9,20-26,33H,1,3,8,10-19H2,2,4-6H3/t21?,22-,23+,24-,25+,26?,30?/m1/s1. The van der Waals surface area contributed by atoms with Crippen LogP contribution in [0.5, 0.6) is 0 Å². The Morgan fingerprint density at radius 1 is 1.26 bits per heavy atom. The smallest absolute Gasteiger partial charge is 0.310 e. The van der Waals surface area contributed by atoms with Gasteiger partial charge in [0.1, 0.15) is 6.04 Å². The minimum atomic E-state index is -0.719. The summed E-state index contributed by atoms with van der Waals surface area (Å²) in [5, 5.41) is 10.4. The fourth-order valence-electron chi connectivity index (χ4n) is 6.85. The number of fused-ring (bicyclic) bond motifs is 1. The molecule has 7 nitrogen and oxygen atoms in total. The number of likely N-dealkylation sites (tertiary alicyclic amines) is 1. The number of hydrogen-bond acceptors (Lipinski definition) is 6. The van der Waals surface area contributed by atoms with Gasteiger partial charge >= 0.3 is 5.97 Å². The maximum atomic E-state index is 14.4. The number of ether oxygens (including phenoxy) is 1. The van der Waals surface area contributed by atoms with Crippen molar-refractivity contribution in [2.75, 3.05) is 26.3 Å². The van der Waals surface area contributed by atoms with Gasteiger partial charge in [-0.05, 0) is 50.4 Å². The van der Waals surface area contributed by atoms with Crippen LogP contribution in [-0.2, 0) is 19.1 Å². The number of carbonyl (C=O) groups excluding carboxylic acids is 3. The molecule has 0 aromatic rings. The Labute approximate surface area is 233 Å². The van der Waals surface area contributed by atoms with E-state index in [9.17, 15) is 19.5 Å². The van der Waals surface area contributed by atoms with Crippen molar-refractivity contribution in [1.29, 1.82) is 0 Å². The van der Waals surface area contributed by atoms with Gasteiger partial charge < -0.3 is 19.6 Å². The summed E-state index contributed by atoms with van der Waals surface area (Å²) in [4.78, 5) is 45.7. The molecule has 214 valence electrons. The van der Waals surface area contributed by atoms with Crippen molar-refractivity contribution in [2.24, 2.45) is 23.7 Å². The number of aliphatic hydroxyl groups excluding tert-OH is 1. The van der Waals surface area contributed by atoms with Gasteiger partial charge in [0.25, 0.3) is 0 Å². The third-order valence-corrected chi connectivity index (χ3v) is 10.6. The highest BCUT2D eigenvalue weighted by atomic mass is 32.2. The number of carbonyl (C=O) groups is 3. The zero-order chi connectivity index (χ0) is 28.0. The lowest BCUT2D eigenvalue weighted by molar-refractivity contribution is -0.155. The van der Waals surface area contributed by atoms with Gasteiger partial charge in [-0.3, -0.25) is 14.4 Å². The fourth-order valence-corrected chi connectivity index (χ4v) is 9.24. The maximum absolute atomic E-state index is 14.4. The number of allylic oxidation sites excluding steroid dienone is 1. The van der Waals surface area contributed by atoms with Crippen LogP contribution in [0.1, 0.15) is 72.6 Å². The summed E-state index contributed by atoms with van der Waals surface area (Å²) in [5.41, 5.74) is 0. The Morgan fingerprint density at radius 2 is 2.00 bits per heavy atom. The molecule has 3 heterocycles. The average Bonchev–Trinajstić information content (AvgIpc) is 3.48. The van der Waals surface area contributed by atoms with E-state index in [2.05, 4.69) is 40.9 Å².